The van der Waals surface area contributed by atoms with Crippen LogP contribution in [0.4, 0.5) is 5.69 Å². The number of hydrogen-bond acceptors (Lipinski definition) is 6. The molecule has 154 valence electrons. The van der Waals surface area contributed by atoms with E-state index in [4.69, 9.17) is 4.84 Å². The molecule has 1 atom stereocenters. The number of benzene rings is 1. The Morgan fingerprint density at radius 1 is 1.17 bits per heavy atom. The lowest BCUT2D eigenvalue weighted by Crippen LogP contribution is -2.33. The molecule has 0 radical (unpaired) electrons. The summed E-state index contributed by atoms with van der Waals surface area (Å²) in [6.07, 6.45) is 2.33. The second-order valence-electron chi connectivity index (χ2n) is 8.34. The minimum Gasteiger partial charge on any atom is -0.503 e. The van der Waals surface area contributed by atoms with Crippen LogP contribution >= 0.6 is 0 Å². The van der Waals surface area contributed by atoms with Crippen LogP contribution in [0.3, 0.4) is 0 Å². The SMILES string of the molecule is CC(C)(C)C(=O)C1=C(O)C(=O)N(c2ccc(C3=NOCC3)cc2)C1c1ccccn1. The number of amides is 1. The Hall–Kier alpha value is -3.48. The van der Waals surface area contributed by atoms with Crippen LogP contribution in [-0.2, 0) is 14.4 Å². The highest BCUT2D eigenvalue weighted by Crippen LogP contribution is 2.42. The highest BCUT2D eigenvalue weighted by atomic mass is 16.6. The predicted molar refractivity (Wildman–Crippen MR) is 112 cm³/mol. The number of Topliss-reactive ketones (excluding diaryl/α,β-unsaturated/α-hetero) is 1. The van der Waals surface area contributed by atoms with Crippen molar-refractivity contribution in [1.82, 2.24) is 4.98 Å². The summed E-state index contributed by atoms with van der Waals surface area (Å²) >= 11 is 0. The predicted octanol–water partition coefficient (Wildman–Crippen LogP) is 3.72. The smallest absolute Gasteiger partial charge is 0.294 e. The average Bonchev–Trinajstić information content (AvgIpc) is 3.35. The molecule has 1 aromatic heterocycles. The molecule has 0 bridgehead atoms. The van der Waals surface area contributed by atoms with E-state index < -0.39 is 23.1 Å². The monoisotopic (exact) mass is 405 g/mol. The van der Waals surface area contributed by atoms with Crippen LogP contribution in [0.2, 0.25) is 0 Å². The molecule has 0 saturated heterocycles. The van der Waals surface area contributed by atoms with Crippen molar-refractivity contribution in [2.24, 2.45) is 10.6 Å². The van der Waals surface area contributed by atoms with Crippen LogP contribution in [0.15, 0.2) is 65.1 Å². The molecule has 0 fully saturated rings. The standard InChI is InChI=1S/C23H23N3O4/c1-23(2,3)21(28)18-19(17-6-4-5-12-24-17)26(22(29)20(18)27)15-9-7-14(8-10-15)16-11-13-30-25-16/h4-10,12,19,27H,11,13H2,1-3H3. The first-order valence-corrected chi connectivity index (χ1v) is 9.80. The van der Waals surface area contributed by atoms with Gasteiger partial charge in [-0.25, -0.2) is 0 Å². The van der Waals surface area contributed by atoms with Gasteiger partial charge in [-0.2, -0.15) is 0 Å². The maximum absolute atomic E-state index is 13.2. The van der Waals surface area contributed by atoms with Gasteiger partial charge in [-0.05, 0) is 29.8 Å². The van der Waals surface area contributed by atoms with E-state index in [2.05, 4.69) is 10.1 Å². The summed E-state index contributed by atoms with van der Waals surface area (Å²) < 4.78 is 0. The third-order valence-electron chi connectivity index (χ3n) is 5.19. The lowest BCUT2D eigenvalue weighted by atomic mass is 9.83. The molecule has 1 aromatic carbocycles. The Labute approximate surface area is 174 Å². The normalized spacial score (nSPS) is 19.2. The van der Waals surface area contributed by atoms with Gasteiger partial charge in [0, 0.05) is 23.7 Å². The fraction of sp³-hybridized carbons (Fsp3) is 0.304. The van der Waals surface area contributed by atoms with Crippen molar-refractivity contribution in [2.45, 2.75) is 33.2 Å². The summed E-state index contributed by atoms with van der Waals surface area (Å²) in [4.78, 5) is 37.1. The van der Waals surface area contributed by atoms with Crippen LogP contribution < -0.4 is 4.90 Å². The molecular formula is C23H23N3O4. The second kappa shape index (κ2) is 7.40. The van der Waals surface area contributed by atoms with Gasteiger partial charge >= 0.3 is 0 Å². The second-order valence-corrected chi connectivity index (χ2v) is 8.34. The van der Waals surface area contributed by atoms with Crippen LogP contribution in [0.5, 0.6) is 0 Å². The first kappa shape index (κ1) is 19.8. The van der Waals surface area contributed by atoms with Gasteiger partial charge in [-0.15, -0.1) is 0 Å². The van der Waals surface area contributed by atoms with Crippen LogP contribution in [0.25, 0.3) is 0 Å². The Morgan fingerprint density at radius 2 is 1.90 bits per heavy atom. The van der Waals surface area contributed by atoms with Gasteiger partial charge in [0.15, 0.2) is 11.5 Å². The maximum Gasteiger partial charge on any atom is 0.294 e. The van der Waals surface area contributed by atoms with Crippen molar-refractivity contribution in [3.63, 3.8) is 0 Å². The molecule has 2 aliphatic rings. The Bertz CT molecular complexity index is 1050. The van der Waals surface area contributed by atoms with Crippen molar-refractivity contribution < 1.29 is 19.5 Å². The number of anilines is 1. The zero-order valence-electron chi connectivity index (χ0n) is 17.1. The maximum atomic E-state index is 13.2. The number of rotatable bonds is 4. The Kier molecular flexibility index (Phi) is 4.89. The minimum atomic E-state index is -0.802. The number of ketones is 1. The number of carbonyl (C=O) groups excluding carboxylic acids is 2. The molecule has 7 heteroatoms. The highest BCUT2D eigenvalue weighted by Gasteiger charge is 2.47. The van der Waals surface area contributed by atoms with E-state index in [1.807, 2.05) is 12.1 Å². The van der Waals surface area contributed by atoms with Gasteiger partial charge in [-0.3, -0.25) is 19.5 Å². The van der Waals surface area contributed by atoms with Gasteiger partial charge in [0.1, 0.15) is 12.6 Å². The van der Waals surface area contributed by atoms with Crippen LogP contribution in [-0.4, -0.2) is 34.1 Å². The molecule has 2 aliphatic heterocycles. The first-order chi connectivity index (χ1) is 14.3. The fourth-order valence-corrected chi connectivity index (χ4v) is 3.65. The molecule has 30 heavy (non-hydrogen) atoms. The van der Waals surface area contributed by atoms with E-state index in [1.54, 1.807) is 57.3 Å². The van der Waals surface area contributed by atoms with Gasteiger partial charge < -0.3 is 9.94 Å². The van der Waals surface area contributed by atoms with E-state index in [-0.39, 0.29) is 11.4 Å². The molecule has 1 unspecified atom stereocenters. The van der Waals surface area contributed by atoms with Crippen molar-refractivity contribution in [3.8, 4) is 0 Å². The lowest BCUT2D eigenvalue weighted by molar-refractivity contribution is -0.123. The summed E-state index contributed by atoms with van der Waals surface area (Å²) in [6, 6.07) is 11.8. The van der Waals surface area contributed by atoms with E-state index >= 15 is 0 Å². The summed E-state index contributed by atoms with van der Waals surface area (Å²) in [5.41, 5.74) is 2.13. The molecular weight excluding hydrogens is 382 g/mol. The van der Waals surface area contributed by atoms with Gasteiger partial charge in [-0.1, -0.05) is 44.1 Å². The number of aliphatic hydroxyl groups excluding tert-OH is 1. The number of hydrogen-bond donors (Lipinski definition) is 1. The minimum absolute atomic E-state index is 0.0730. The summed E-state index contributed by atoms with van der Waals surface area (Å²) in [5.74, 6) is -1.43. The molecule has 7 nitrogen and oxygen atoms in total. The summed E-state index contributed by atoms with van der Waals surface area (Å²) in [5, 5.41) is 14.7. The molecule has 3 heterocycles. The van der Waals surface area contributed by atoms with Crippen molar-refractivity contribution >= 4 is 23.1 Å². The van der Waals surface area contributed by atoms with Gasteiger partial charge in [0.25, 0.3) is 5.91 Å². The quantitative estimate of drug-likeness (QED) is 0.837. The number of aliphatic hydroxyl groups is 1. The van der Waals surface area contributed by atoms with E-state index in [9.17, 15) is 14.7 Å². The van der Waals surface area contributed by atoms with Crippen molar-refractivity contribution in [2.75, 3.05) is 11.5 Å². The Balaban J connectivity index is 1.79. The number of oxime groups is 1. The molecule has 2 aromatic rings. The molecule has 4 rings (SSSR count). The number of pyridine rings is 1. The zero-order valence-corrected chi connectivity index (χ0v) is 17.1. The fourth-order valence-electron chi connectivity index (χ4n) is 3.65. The third kappa shape index (κ3) is 3.36. The third-order valence-corrected chi connectivity index (χ3v) is 5.19. The lowest BCUT2D eigenvalue weighted by Gasteiger charge is -2.28. The number of nitrogens with zero attached hydrogens (tertiary/aromatic N) is 3. The Morgan fingerprint density at radius 3 is 2.47 bits per heavy atom. The van der Waals surface area contributed by atoms with E-state index in [0.717, 1.165) is 17.7 Å². The molecule has 1 N–H and O–H groups in total. The molecule has 0 aliphatic carbocycles. The summed E-state index contributed by atoms with van der Waals surface area (Å²) in [7, 11) is 0. The number of carbonyl (C=O) groups is 2. The van der Waals surface area contributed by atoms with Crippen LogP contribution in [0.1, 0.15) is 44.5 Å². The number of aromatic nitrogens is 1. The molecule has 1 amide bonds. The van der Waals surface area contributed by atoms with E-state index in [1.165, 1.54) is 4.90 Å². The van der Waals surface area contributed by atoms with Crippen molar-refractivity contribution in [3.05, 3.63) is 71.3 Å². The molecule has 0 spiro atoms. The largest absolute Gasteiger partial charge is 0.503 e. The molecule has 0 saturated carbocycles. The van der Waals surface area contributed by atoms with Gasteiger partial charge in [0.05, 0.1) is 17.0 Å². The average molecular weight is 405 g/mol. The zero-order chi connectivity index (χ0) is 21.5. The topological polar surface area (TPSA) is 92.1 Å². The van der Waals surface area contributed by atoms with Crippen LogP contribution in [0, 0.1) is 5.41 Å². The first-order valence-electron chi connectivity index (χ1n) is 9.80. The van der Waals surface area contributed by atoms with Crippen molar-refractivity contribution in [1.29, 1.82) is 0 Å². The van der Waals surface area contributed by atoms with Gasteiger partial charge in [0.2, 0.25) is 0 Å². The van der Waals surface area contributed by atoms with E-state index in [0.29, 0.717) is 18.0 Å². The highest BCUT2D eigenvalue weighted by molar-refractivity contribution is 6.17. The summed E-state index contributed by atoms with van der Waals surface area (Å²) in [6.45, 7) is 5.84.